The molecule has 0 amide bonds. The van der Waals surface area contributed by atoms with Gasteiger partial charge in [-0.2, -0.15) is 0 Å². The summed E-state index contributed by atoms with van der Waals surface area (Å²) >= 11 is 18.4. The van der Waals surface area contributed by atoms with Crippen LogP contribution in [0, 0.1) is 0 Å². The summed E-state index contributed by atoms with van der Waals surface area (Å²) in [5.41, 5.74) is 3.65. The van der Waals surface area contributed by atoms with Crippen LogP contribution in [0.5, 0.6) is 0 Å². The predicted octanol–water partition coefficient (Wildman–Crippen LogP) is 5.68. The SMILES string of the molecule is O=CC1=C(Cl)c2ccccc2[C@H](c2ccc(Cl)c(Cl)c2)C1. The summed E-state index contributed by atoms with van der Waals surface area (Å²) in [5, 5.41) is 1.57. The van der Waals surface area contributed by atoms with E-state index in [1.54, 1.807) is 6.07 Å². The lowest BCUT2D eigenvalue weighted by Crippen LogP contribution is -2.11. The Hall–Kier alpha value is -1.28. The van der Waals surface area contributed by atoms with Crippen LogP contribution in [0.1, 0.15) is 29.0 Å². The second kappa shape index (κ2) is 5.84. The molecule has 1 aliphatic rings. The molecular formula is C17H11Cl3O. The zero-order valence-corrected chi connectivity index (χ0v) is 13.2. The van der Waals surface area contributed by atoms with Gasteiger partial charge < -0.3 is 0 Å². The fraction of sp³-hybridized carbons (Fsp3) is 0.118. The van der Waals surface area contributed by atoms with E-state index in [1.807, 2.05) is 36.4 Å². The molecule has 0 saturated heterocycles. The molecule has 0 aromatic heterocycles. The van der Waals surface area contributed by atoms with Gasteiger partial charge in [-0.25, -0.2) is 0 Å². The minimum atomic E-state index is 0.0543. The topological polar surface area (TPSA) is 17.1 Å². The lowest BCUT2D eigenvalue weighted by molar-refractivity contribution is -0.105. The summed E-state index contributed by atoms with van der Waals surface area (Å²) in [6.07, 6.45) is 1.40. The van der Waals surface area contributed by atoms with Crippen LogP contribution >= 0.6 is 34.8 Å². The Morgan fingerprint density at radius 2 is 1.76 bits per heavy atom. The molecule has 0 fully saturated rings. The highest BCUT2D eigenvalue weighted by Gasteiger charge is 2.27. The Balaban J connectivity index is 2.16. The van der Waals surface area contributed by atoms with Crippen LogP contribution in [-0.4, -0.2) is 6.29 Å². The van der Waals surface area contributed by atoms with Gasteiger partial charge in [0, 0.05) is 11.5 Å². The quantitative estimate of drug-likeness (QED) is 0.644. The maximum Gasteiger partial charge on any atom is 0.147 e. The van der Waals surface area contributed by atoms with E-state index in [0.29, 0.717) is 27.1 Å². The first-order valence-corrected chi connectivity index (χ1v) is 7.63. The van der Waals surface area contributed by atoms with Gasteiger partial charge in [-0.05, 0) is 35.2 Å². The fourth-order valence-corrected chi connectivity index (χ4v) is 3.32. The second-order valence-electron chi connectivity index (χ2n) is 4.97. The number of hydrogen-bond acceptors (Lipinski definition) is 1. The monoisotopic (exact) mass is 336 g/mol. The molecule has 4 heteroatoms. The Kier molecular flexibility index (Phi) is 4.08. The summed E-state index contributed by atoms with van der Waals surface area (Å²) in [4.78, 5) is 11.3. The maximum absolute atomic E-state index is 11.3. The van der Waals surface area contributed by atoms with E-state index in [2.05, 4.69) is 0 Å². The molecule has 0 saturated carbocycles. The van der Waals surface area contributed by atoms with Crippen molar-refractivity contribution >= 4 is 46.1 Å². The summed E-state index contributed by atoms with van der Waals surface area (Å²) < 4.78 is 0. The second-order valence-corrected chi connectivity index (χ2v) is 6.17. The van der Waals surface area contributed by atoms with Crippen molar-refractivity contribution in [1.29, 1.82) is 0 Å². The van der Waals surface area contributed by atoms with Crippen LogP contribution in [-0.2, 0) is 4.79 Å². The molecule has 2 aromatic carbocycles. The Labute approximate surface area is 138 Å². The number of aldehydes is 1. The largest absolute Gasteiger partial charge is 0.298 e. The fourth-order valence-electron chi connectivity index (χ4n) is 2.72. The van der Waals surface area contributed by atoms with Crippen LogP contribution < -0.4 is 0 Å². The van der Waals surface area contributed by atoms with E-state index >= 15 is 0 Å². The molecule has 0 spiro atoms. The smallest absolute Gasteiger partial charge is 0.147 e. The van der Waals surface area contributed by atoms with Crippen LogP contribution in [0.25, 0.3) is 5.03 Å². The first-order chi connectivity index (χ1) is 10.1. The lowest BCUT2D eigenvalue weighted by atomic mass is 9.79. The number of fused-ring (bicyclic) bond motifs is 1. The number of halogens is 3. The molecule has 21 heavy (non-hydrogen) atoms. The average Bonchev–Trinajstić information content (AvgIpc) is 2.51. The van der Waals surface area contributed by atoms with Crippen LogP contribution in [0.2, 0.25) is 10.0 Å². The molecule has 106 valence electrons. The standard InChI is InChI=1S/C17H11Cl3O/c18-15-6-5-10(8-16(15)19)14-7-11(9-21)17(20)13-4-2-1-3-12(13)14/h1-6,8-9,14H,7H2/t14-/m0/s1. The van der Waals surface area contributed by atoms with Crippen molar-refractivity contribution in [3.8, 4) is 0 Å². The molecule has 1 atom stereocenters. The summed E-state index contributed by atoms with van der Waals surface area (Å²) in [7, 11) is 0. The van der Waals surface area contributed by atoms with Crippen molar-refractivity contribution in [2.45, 2.75) is 12.3 Å². The van der Waals surface area contributed by atoms with Crippen molar-refractivity contribution in [1.82, 2.24) is 0 Å². The van der Waals surface area contributed by atoms with Crippen molar-refractivity contribution in [3.05, 3.63) is 74.8 Å². The lowest BCUT2D eigenvalue weighted by Gasteiger charge is -2.26. The third-order valence-electron chi connectivity index (χ3n) is 3.77. The number of hydrogen-bond donors (Lipinski definition) is 0. The Bertz CT molecular complexity index is 749. The van der Waals surface area contributed by atoms with Gasteiger partial charge in [0.05, 0.1) is 15.1 Å². The van der Waals surface area contributed by atoms with Crippen molar-refractivity contribution in [2.24, 2.45) is 0 Å². The molecule has 1 nitrogen and oxygen atoms in total. The highest BCUT2D eigenvalue weighted by atomic mass is 35.5. The number of carbonyl (C=O) groups is 1. The number of allylic oxidation sites excluding steroid dienone is 1. The van der Waals surface area contributed by atoms with Gasteiger partial charge in [0.2, 0.25) is 0 Å². The molecule has 2 aromatic rings. The highest BCUT2D eigenvalue weighted by molar-refractivity contribution is 6.50. The first-order valence-electron chi connectivity index (χ1n) is 6.50. The normalized spacial score (nSPS) is 17.6. The zero-order chi connectivity index (χ0) is 15.0. The third kappa shape index (κ3) is 2.62. The van der Waals surface area contributed by atoms with Crippen molar-refractivity contribution in [2.75, 3.05) is 0 Å². The molecule has 0 bridgehead atoms. The average molecular weight is 338 g/mol. The zero-order valence-electron chi connectivity index (χ0n) is 10.9. The molecule has 1 aliphatic carbocycles. The van der Waals surface area contributed by atoms with E-state index in [-0.39, 0.29) is 5.92 Å². The van der Waals surface area contributed by atoms with E-state index < -0.39 is 0 Å². The molecule has 0 N–H and O–H groups in total. The summed E-state index contributed by atoms with van der Waals surface area (Å²) in [6, 6.07) is 13.4. The molecular weight excluding hydrogens is 327 g/mol. The molecule has 0 aliphatic heterocycles. The molecule has 3 rings (SSSR count). The Morgan fingerprint density at radius 3 is 2.48 bits per heavy atom. The minimum Gasteiger partial charge on any atom is -0.298 e. The van der Waals surface area contributed by atoms with E-state index in [9.17, 15) is 4.79 Å². The maximum atomic E-state index is 11.3. The van der Waals surface area contributed by atoms with Crippen molar-refractivity contribution < 1.29 is 4.79 Å². The van der Waals surface area contributed by atoms with Gasteiger partial charge in [-0.1, -0.05) is 65.1 Å². The number of benzene rings is 2. The van der Waals surface area contributed by atoms with E-state index in [0.717, 1.165) is 23.0 Å². The van der Waals surface area contributed by atoms with Gasteiger partial charge >= 0.3 is 0 Å². The molecule has 0 heterocycles. The molecule has 0 unspecified atom stereocenters. The van der Waals surface area contributed by atoms with E-state index in [1.165, 1.54) is 0 Å². The Morgan fingerprint density at radius 1 is 1.00 bits per heavy atom. The van der Waals surface area contributed by atoms with Gasteiger partial charge in [-0.3, -0.25) is 4.79 Å². The van der Waals surface area contributed by atoms with Crippen LogP contribution in [0.15, 0.2) is 48.0 Å². The number of carbonyl (C=O) groups excluding carboxylic acids is 1. The van der Waals surface area contributed by atoms with Crippen LogP contribution in [0.3, 0.4) is 0 Å². The van der Waals surface area contributed by atoms with Gasteiger partial charge in [0.25, 0.3) is 0 Å². The van der Waals surface area contributed by atoms with E-state index in [4.69, 9.17) is 34.8 Å². The summed E-state index contributed by atoms with van der Waals surface area (Å²) in [5.74, 6) is 0.0543. The highest BCUT2D eigenvalue weighted by Crippen LogP contribution is 2.43. The number of rotatable bonds is 2. The molecule has 0 radical (unpaired) electrons. The van der Waals surface area contributed by atoms with Gasteiger partial charge in [0.15, 0.2) is 0 Å². The van der Waals surface area contributed by atoms with Gasteiger partial charge in [-0.15, -0.1) is 0 Å². The van der Waals surface area contributed by atoms with Crippen molar-refractivity contribution in [3.63, 3.8) is 0 Å². The minimum absolute atomic E-state index is 0.0543. The van der Waals surface area contributed by atoms with Gasteiger partial charge in [0.1, 0.15) is 6.29 Å². The first kappa shape index (κ1) is 14.6. The summed E-state index contributed by atoms with van der Waals surface area (Å²) in [6.45, 7) is 0. The predicted molar refractivity (Wildman–Crippen MR) is 88.2 cm³/mol. The van der Waals surface area contributed by atoms with Crippen LogP contribution in [0.4, 0.5) is 0 Å². The third-order valence-corrected chi connectivity index (χ3v) is 4.95.